The van der Waals surface area contributed by atoms with Crippen molar-refractivity contribution in [3.63, 3.8) is 0 Å². The number of nitrogens with two attached hydrogens (primary N) is 1. The summed E-state index contributed by atoms with van der Waals surface area (Å²) in [6, 6.07) is 5.88. The van der Waals surface area contributed by atoms with Crippen LogP contribution in [0, 0.1) is 0 Å². The molecule has 0 unspecified atom stereocenters. The molecule has 0 fully saturated rings. The van der Waals surface area contributed by atoms with Crippen molar-refractivity contribution in [3.8, 4) is 0 Å². The molecule has 0 aliphatic heterocycles. The minimum atomic E-state index is -0.0125. The van der Waals surface area contributed by atoms with E-state index in [1.165, 1.54) is 0 Å². The van der Waals surface area contributed by atoms with Gasteiger partial charge in [0, 0.05) is 30.8 Å². The Bertz CT molecular complexity index is 381. The molecule has 1 aromatic rings. The number of anilines is 1. The maximum absolute atomic E-state index is 11.2. The first-order valence-electron chi connectivity index (χ1n) is 4.98. The minimum Gasteiger partial charge on any atom is -0.365 e. The Morgan fingerprint density at radius 2 is 2.25 bits per heavy atom. The van der Waals surface area contributed by atoms with E-state index in [1.54, 1.807) is 7.05 Å². The third kappa shape index (κ3) is 3.21. The van der Waals surface area contributed by atoms with E-state index in [0.29, 0.717) is 13.1 Å². The van der Waals surface area contributed by atoms with Gasteiger partial charge in [-0.05, 0) is 17.7 Å². The predicted octanol–water partition coefficient (Wildman–Crippen LogP) is 1.09. The highest BCUT2D eigenvalue weighted by Gasteiger charge is 2.07. The molecule has 0 atom stereocenters. The van der Waals surface area contributed by atoms with Gasteiger partial charge in [0.15, 0.2) is 0 Å². The molecular weight excluding hydrogens is 270 g/mol. The summed E-state index contributed by atoms with van der Waals surface area (Å²) in [6.07, 6.45) is 0. The molecule has 3 N–H and O–H groups in total. The van der Waals surface area contributed by atoms with Crippen LogP contribution in [-0.4, -0.2) is 26.5 Å². The van der Waals surface area contributed by atoms with Crippen molar-refractivity contribution < 1.29 is 4.79 Å². The van der Waals surface area contributed by atoms with Gasteiger partial charge in [0.05, 0.1) is 6.54 Å². The Hall–Kier alpha value is -1.07. The van der Waals surface area contributed by atoms with Crippen LogP contribution in [0.2, 0.25) is 0 Å². The number of nitrogens with zero attached hydrogens (tertiary/aromatic N) is 1. The fourth-order valence-electron chi connectivity index (χ4n) is 1.32. The van der Waals surface area contributed by atoms with Gasteiger partial charge in [-0.3, -0.25) is 4.79 Å². The molecule has 0 spiro atoms. The normalized spacial score (nSPS) is 10.0. The molecule has 0 radical (unpaired) electrons. The van der Waals surface area contributed by atoms with Gasteiger partial charge >= 0.3 is 0 Å². The highest BCUT2D eigenvalue weighted by Crippen LogP contribution is 2.23. The molecule has 1 aromatic carbocycles. The number of likely N-dealkylation sites (N-methyl/N-ethyl adjacent to an activating group) is 2. The van der Waals surface area contributed by atoms with Gasteiger partial charge < -0.3 is 16.0 Å². The van der Waals surface area contributed by atoms with Crippen LogP contribution in [0.1, 0.15) is 5.56 Å². The fraction of sp³-hybridized carbons (Fsp3) is 0.364. The number of carbonyl (C=O) groups excluding carboxylic acids is 1. The molecular formula is C11H16BrN3O. The lowest BCUT2D eigenvalue weighted by Gasteiger charge is -2.19. The Morgan fingerprint density at radius 1 is 1.56 bits per heavy atom. The van der Waals surface area contributed by atoms with E-state index in [0.717, 1.165) is 15.7 Å². The third-order valence-corrected chi connectivity index (χ3v) is 3.10. The number of hydrogen-bond acceptors (Lipinski definition) is 3. The Morgan fingerprint density at radius 3 is 2.75 bits per heavy atom. The second-order valence-electron chi connectivity index (χ2n) is 3.51. The second kappa shape index (κ2) is 5.86. The lowest BCUT2D eigenvalue weighted by molar-refractivity contribution is -0.119. The van der Waals surface area contributed by atoms with E-state index in [4.69, 9.17) is 5.73 Å². The molecule has 16 heavy (non-hydrogen) atoms. The van der Waals surface area contributed by atoms with E-state index in [1.807, 2.05) is 30.1 Å². The van der Waals surface area contributed by atoms with Gasteiger partial charge in [-0.1, -0.05) is 22.0 Å². The van der Waals surface area contributed by atoms with Crippen molar-refractivity contribution >= 4 is 27.5 Å². The van der Waals surface area contributed by atoms with E-state index in [9.17, 15) is 4.79 Å². The van der Waals surface area contributed by atoms with Crippen LogP contribution >= 0.6 is 15.9 Å². The number of carbonyl (C=O) groups is 1. The number of amides is 1. The van der Waals surface area contributed by atoms with Gasteiger partial charge in [0.25, 0.3) is 0 Å². The summed E-state index contributed by atoms with van der Waals surface area (Å²) in [5, 5.41) is 2.59. The summed E-state index contributed by atoms with van der Waals surface area (Å²) < 4.78 is 0.969. The van der Waals surface area contributed by atoms with Crippen molar-refractivity contribution in [1.29, 1.82) is 0 Å². The zero-order valence-corrected chi connectivity index (χ0v) is 11.0. The standard InChI is InChI=1S/C11H16BrN3O/c1-14-11(16)7-15(2)9-4-3-8(6-13)10(12)5-9/h3-5H,6-7,13H2,1-2H3,(H,14,16). The van der Waals surface area contributed by atoms with E-state index < -0.39 is 0 Å². The highest BCUT2D eigenvalue weighted by atomic mass is 79.9. The topological polar surface area (TPSA) is 58.4 Å². The Kier molecular flexibility index (Phi) is 4.76. The first-order chi connectivity index (χ1) is 7.58. The van der Waals surface area contributed by atoms with Crippen molar-refractivity contribution in [3.05, 3.63) is 28.2 Å². The molecule has 1 amide bonds. The second-order valence-corrected chi connectivity index (χ2v) is 4.36. The molecule has 0 aromatic heterocycles. The quantitative estimate of drug-likeness (QED) is 0.871. The molecule has 4 nitrogen and oxygen atoms in total. The van der Waals surface area contributed by atoms with E-state index in [-0.39, 0.29) is 5.91 Å². The number of hydrogen-bond donors (Lipinski definition) is 2. The molecule has 0 aliphatic rings. The molecule has 0 bridgehead atoms. The summed E-state index contributed by atoms with van der Waals surface area (Å²) in [4.78, 5) is 13.1. The number of nitrogens with one attached hydrogen (secondary N) is 1. The summed E-state index contributed by atoms with van der Waals surface area (Å²) in [7, 11) is 3.50. The average Bonchev–Trinajstić information content (AvgIpc) is 2.28. The summed E-state index contributed by atoms with van der Waals surface area (Å²) >= 11 is 3.45. The summed E-state index contributed by atoms with van der Waals surface area (Å²) in [5.74, 6) is -0.0125. The van der Waals surface area contributed by atoms with Gasteiger partial charge in [-0.25, -0.2) is 0 Å². The van der Waals surface area contributed by atoms with Crippen LogP contribution in [0.4, 0.5) is 5.69 Å². The lowest BCUT2D eigenvalue weighted by atomic mass is 10.2. The monoisotopic (exact) mass is 285 g/mol. The van der Waals surface area contributed by atoms with Crippen molar-refractivity contribution in [2.24, 2.45) is 5.73 Å². The van der Waals surface area contributed by atoms with Gasteiger partial charge in [0.1, 0.15) is 0 Å². The molecule has 5 heteroatoms. The smallest absolute Gasteiger partial charge is 0.239 e. The zero-order chi connectivity index (χ0) is 12.1. The van der Waals surface area contributed by atoms with Crippen molar-refractivity contribution in [2.45, 2.75) is 6.54 Å². The van der Waals surface area contributed by atoms with E-state index >= 15 is 0 Å². The minimum absolute atomic E-state index is 0.0125. The number of halogens is 1. The van der Waals surface area contributed by atoms with Crippen molar-refractivity contribution in [1.82, 2.24) is 5.32 Å². The van der Waals surface area contributed by atoms with Crippen LogP contribution < -0.4 is 16.0 Å². The third-order valence-electron chi connectivity index (χ3n) is 2.36. The van der Waals surface area contributed by atoms with E-state index in [2.05, 4.69) is 21.2 Å². The number of benzene rings is 1. The first kappa shape index (κ1) is 13.0. The van der Waals surface area contributed by atoms with Crippen LogP contribution in [-0.2, 0) is 11.3 Å². The van der Waals surface area contributed by atoms with Crippen molar-refractivity contribution in [2.75, 3.05) is 25.5 Å². The predicted molar refractivity (Wildman–Crippen MR) is 69.4 cm³/mol. The SMILES string of the molecule is CNC(=O)CN(C)c1ccc(CN)c(Br)c1. The summed E-state index contributed by atoms with van der Waals surface area (Å²) in [5.41, 5.74) is 7.60. The molecule has 0 heterocycles. The molecule has 0 aliphatic carbocycles. The average molecular weight is 286 g/mol. The Labute approximate surface area is 104 Å². The maximum atomic E-state index is 11.2. The zero-order valence-electron chi connectivity index (χ0n) is 9.46. The molecule has 88 valence electrons. The molecule has 1 rings (SSSR count). The van der Waals surface area contributed by atoms with Gasteiger partial charge in [-0.15, -0.1) is 0 Å². The number of rotatable bonds is 4. The van der Waals surface area contributed by atoms with Crippen LogP contribution in [0.25, 0.3) is 0 Å². The van der Waals surface area contributed by atoms with Gasteiger partial charge in [0.2, 0.25) is 5.91 Å². The van der Waals surface area contributed by atoms with Crippen LogP contribution in [0.5, 0.6) is 0 Å². The lowest BCUT2D eigenvalue weighted by Crippen LogP contribution is -2.32. The first-order valence-corrected chi connectivity index (χ1v) is 5.78. The van der Waals surface area contributed by atoms with Crippen LogP contribution in [0.3, 0.4) is 0 Å². The highest BCUT2D eigenvalue weighted by molar-refractivity contribution is 9.10. The molecule has 0 saturated carbocycles. The van der Waals surface area contributed by atoms with Crippen LogP contribution in [0.15, 0.2) is 22.7 Å². The summed E-state index contributed by atoms with van der Waals surface area (Å²) in [6.45, 7) is 0.838. The molecule has 0 saturated heterocycles. The largest absolute Gasteiger partial charge is 0.365 e. The van der Waals surface area contributed by atoms with Gasteiger partial charge in [-0.2, -0.15) is 0 Å². The Balaban J connectivity index is 2.80. The maximum Gasteiger partial charge on any atom is 0.239 e. The fourth-order valence-corrected chi connectivity index (χ4v) is 1.85.